The SMILES string of the molecule is c1ccc(-c2cccc(-c3ccc(-c4ncccn4)cc3)c2)cc1. The van der Waals surface area contributed by atoms with Gasteiger partial charge in [0.15, 0.2) is 5.82 Å². The monoisotopic (exact) mass is 308 g/mol. The maximum atomic E-state index is 4.29. The first-order valence-electron chi connectivity index (χ1n) is 7.93. The zero-order valence-electron chi connectivity index (χ0n) is 13.1. The van der Waals surface area contributed by atoms with Crippen molar-refractivity contribution < 1.29 is 0 Å². The third-order valence-corrected chi connectivity index (χ3v) is 4.01. The third-order valence-electron chi connectivity index (χ3n) is 4.01. The molecule has 0 fully saturated rings. The van der Waals surface area contributed by atoms with E-state index in [0.717, 1.165) is 11.4 Å². The first-order chi connectivity index (χ1) is 11.9. The molecule has 0 bridgehead atoms. The van der Waals surface area contributed by atoms with Crippen LogP contribution in [0.1, 0.15) is 0 Å². The van der Waals surface area contributed by atoms with Crippen molar-refractivity contribution in [3.05, 3.63) is 97.3 Å². The van der Waals surface area contributed by atoms with Gasteiger partial charge in [0.05, 0.1) is 0 Å². The molecule has 24 heavy (non-hydrogen) atoms. The molecule has 0 aliphatic carbocycles. The Morgan fingerprint density at radius 3 is 1.62 bits per heavy atom. The Morgan fingerprint density at radius 2 is 0.958 bits per heavy atom. The van der Waals surface area contributed by atoms with Crippen LogP contribution in [0.4, 0.5) is 0 Å². The summed E-state index contributed by atoms with van der Waals surface area (Å²) in [5.74, 6) is 0.752. The zero-order chi connectivity index (χ0) is 16.2. The largest absolute Gasteiger partial charge is 0.237 e. The molecule has 0 spiro atoms. The predicted molar refractivity (Wildman–Crippen MR) is 98.3 cm³/mol. The van der Waals surface area contributed by atoms with Crippen LogP contribution in [0.5, 0.6) is 0 Å². The highest BCUT2D eigenvalue weighted by Gasteiger charge is 2.03. The van der Waals surface area contributed by atoms with Gasteiger partial charge in [0.2, 0.25) is 0 Å². The van der Waals surface area contributed by atoms with Crippen LogP contribution in [0.3, 0.4) is 0 Å². The van der Waals surface area contributed by atoms with Crippen molar-refractivity contribution >= 4 is 0 Å². The first kappa shape index (κ1) is 14.3. The van der Waals surface area contributed by atoms with Crippen molar-refractivity contribution in [1.82, 2.24) is 9.97 Å². The predicted octanol–water partition coefficient (Wildman–Crippen LogP) is 5.48. The lowest BCUT2D eigenvalue weighted by molar-refractivity contribution is 1.18. The molecule has 0 atom stereocenters. The number of aromatic nitrogens is 2. The van der Waals surface area contributed by atoms with Crippen molar-refractivity contribution in [1.29, 1.82) is 0 Å². The van der Waals surface area contributed by atoms with Crippen LogP contribution >= 0.6 is 0 Å². The van der Waals surface area contributed by atoms with Crippen LogP contribution in [-0.2, 0) is 0 Å². The van der Waals surface area contributed by atoms with Gasteiger partial charge in [-0.3, -0.25) is 0 Å². The van der Waals surface area contributed by atoms with Gasteiger partial charge in [-0.1, -0.05) is 72.8 Å². The average molecular weight is 308 g/mol. The molecule has 3 aromatic carbocycles. The van der Waals surface area contributed by atoms with Gasteiger partial charge in [-0.15, -0.1) is 0 Å². The summed E-state index contributed by atoms with van der Waals surface area (Å²) in [4.78, 5) is 8.59. The Balaban J connectivity index is 1.67. The van der Waals surface area contributed by atoms with Crippen LogP contribution in [0.25, 0.3) is 33.6 Å². The van der Waals surface area contributed by atoms with Crippen LogP contribution in [-0.4, -0.2) is 9.97 Å². The quantitative estimate of drug-likeness (QED) is 0.501. The molecular formula is C22H16N2. The molecule has 4 rings (SSSR count). The minimum Gasteiger partial charge on any atom is -0.237 e. The van der Waals surface area contributed by atoms with E-state index in [4.69, 9.17) is 0 Å². The fourth-order valence-electron chi connectivity index (χ4n) is 2.77. The van der Waals surface area contributed by atoms with Gasteiger partial charge >= 0.3 is 0 Å². The molecule has 0 unspecified atom stereocenters. The standard InChI is InChI=1S/C22H16N2/c1-2-6-17(7-3-1)20-8-4-9-21(16-20)18-10-12-19(13-11-18)22-23-14-5-15-24-22/h1-16H. The minimum atomic E-state index is 0.752. The molecule has 0 aliphatic heterocycles. The molecule has 2 nitrogen and oxygen atoms in total. The number of rotatable bonds is 3. The number of benzene rings is 3. The second-order valence-electron chi connectivity index (χ2n) is 5.60. The molecule has 0 radical (unpaired) electrons. The molecule has 0 N–H and O–H groups in total. The first-order valence-corrected chi connectivity index (χ1v) is 7.93. The number of hydrogen-bond acceptors (Lipinski definition) is 2. The Labute approximate surface area is 141 Å². The maximum absolute atomic E-state index is 4.29. The Morgan fingerprint density at radius 1 is 0.417 bits per heavy atom. The highest BCUT2D eigenvalue weighted by Crippen LogP contribution is 2.27. The van der Waals surface area contributed by atoms with E-state index >= 15 is 0 Å². The van der Waals surface area contributed by atoms with E-state index in [1.54, 1.807) is 12.4 Å². The van der Waals surface area contributed by atoms with Crippen molar-refractivity contribution in [3.8, 4) is 33.6 Å². The molecule has 0 saturated carbocycles. The van der Waals surface area contributed by atoms with E-state index in [1.165, 1.54) is 22.3 Å². The Kier molecular flexibility index (Phi) is 3.86. The highest BCUT2D eigenvalue weighted by molar-refractivity contribution is 5.74. The summed E-state index contributed by atoms with van der Waals surface area (Å²) >= 11 is 0. The second-order valence-corrected chi connectivity index (χ2v) is 5.60. The van der Waals surface area contributed by atoms with Gasteiger partial charge in [-0.25, -0.2) is 9.97 Å². The van der Waals surface area contributed by atoms with Crippen LogP contribution in [0.15, 0.2) is 97.3 Å². The van der Waals surface area contributed by atoms with E-state index in [0.29, 0.717) is 0 Å². The van der Waals surface area contributed by atoms with Crippen LogP contribution in [0.2, 0.25) is 0 Å². The molecule has 1 heterocycles. The molecule has 2 heteroatoms. The summed E-state index contributed by atoms with van der Waals surface area (Å²) in [6.45, 7) is 0. The van der Waals surface area contributed by atoms with Crippen molar-refractivity contribution in [2.75, 3.05) is 0 Å². The smallest absolute Gasteiger partial charge is 0.159 e. The van der Waals surface area contributed by atoms with Crippen molar-refractivity contribution in [2.24, 2.45) is 0 Å². The summed E-state index contributed by atoms with van der Waals surface area (Å²) in [5.41, 5.74) is 5.88. The van der Waals surface area contributed by atoms with Crippen molar-refractivity contribution in [2.45, 2.75) is 0 Å². The number of nitrogens with zero attached hydrogens (tertiary/aromatic N) is 2. The van der Waals surface area contributed by atoms with Gasteiger partial charge in [0, 0.05) is 18.0 Å². The minimum absolute atomic E-state index is 0.752. The van der Waals surface area contributed by atoms with E-state index in [9.17, 15) is 0 Å². The maximum Gasteiger partial charge on any atom is 0.159 e. The van der Waals surface area contributed by atoms with Gasteiger partial charge in [-0.2, -0.15) is 0 Å². The molecule has 1 aromatic heterocycles. The number of hydrogen-bond donors (Lipinski definition) is 0. The van der Waals surface area contributed by atoms with Crippen LogP contribution in [0, 0.1) is 0 Å². The average Bonchev–Trinajstić information content (AvgIpc) is 2.70. The second kappa shape index (κ2) is 6.47. The summed E-state index contributed by atoms with van der Waals surface area (Å²) in [7, 11) is 0. The third kappa shape index (κ3) is 2.95. The van der Waals surface area contributed by atoms with E-state index < -0.39 is 0 Å². The van der Waals surface area contributed by atoms with E-state index in [1.807, 2.05) is 12.1 Å². The summed E-state index contributed by atoms with van der Waals surface area (Å²) in [6.07, 6.45) is 3.53. The van der Waals surface area contributed by atoms with Gasteiger partial charge < -0.3 is 0 Å². The molecule has 0 aliphatic rings. The summed E-state index contributed by atoms with van der Waals surface area (Å²) < 4.78 is 0. The van der Waals surface area contributed by atoms with E-state index in [2.05, 4.69) is 82.8 Å². The van der Waals surface area contributed by atoms with Crippen LogP contribution < -0.4 is 0 Å². The molecule has 4 aromatic rings. The Hall–Kier alpha value is -3.26. The normalized spacial score (nSPS) is 10.5. The zero-order valence-corrected chi connectivity index (χ0v) is 13.1. The highest BCUT2D eigenvalue weighted by atomic mass is 14.8. The molecular weight excluding hydrogens is 292 g/mol. The fraction of sp³-hybridized carbons (Fsp3) is 0. The summed E-state index contributed by atoms with van der Waals surface area (Å²) in [6, 6.07) is 29.3. The lowest BCUT2D eigenvalue weighted by Crippen LogP contribution is -1.87. The lowest BCUT2D eigenvalue weighted by atomic mass is 9.98. The van der Waals surface area contributed by atoms with Crippen molar-refractivity contribution in [3.63, 3.8) is 0 Å². The molecule has 0 saturated heterocycles. The van der Waals surface area contributed by atoms with Gasteiger partial charge in [0.25, 0.3) is 0 Å². The Bertz CT molecular complexity index is 930. The van der Waals surface area contributed by atoms with E-state index in [-0.39, 0.29) is 0 Å². The van der Waals surface area contributed by atoms with Gasteiger partial charge in [-0.05, 0) is 34.4 Å². The topological polar surface area (TPSA) is 25.8 Å². The summed E-state index contributed by atoms with van der Waals surface area (Å²) in [5, 5.41) is 0. The fourth-order valence-corrected chi connectivity index (χ4v) is 2.77. The molecule has 0 amide bonds. The molecule has 114 valence electrons. The van der Waals surface area contributed by atoms with Gasteiger partial charge in [0.1, 0.15) is 0 Å². The lowest BCUT2D eigenvalue weighted by Gasteiger charge is -2.07.